The first-order valence-corrected chi connectivity index (χ1v) is 10.2. The maximum absolute atomic E-state index is 12.6. The maximum Gasteiger partial charge on any atom is 0.266 e. The average Bonchev–Trinajstić information content (AvgIpc) is 3.00. The van der Waals surface area contributed by atoms with Gasteiger partial charge in [0.2, 0.25) is 5.91 Å². The van der Waals surface area contributed by atoms with Crippen LogP contribution in [0, 0.1) is 0 Å². The fourth-order valence-electron chi connectivity index (χ4n) is 2.64. The Morgan fingerprint density at radius 1 is 1.10 bits per heavy atom. The van der Waals surface area contributed by atoms with Gasteiger partial charge in [0.15, 0.2) is 0 Å². The first-order valence-electron chi connectivity index (χ1n) is 9.02. The van der Waals surface area contributed by atoms with E-state index in [0.29, 0.717) is 14.9 Å². The SMILES string of the molecule is O=C(CCN1C(=O)/C(=C\C=C\c2ccccc2)SC1=S)Nc1ccc(C(=O)[O-])cc1. The Morgan fingerprint density at radius 2 is 1.80 bits per heavy atom. The number of thioether (sulfide) groups is 1. The number of carboxylic acids is 1. The molecule has 1 aliphatic rings. The molecule has 2 aromatic rings. The molecule has 0 spiro atoms. The average molecular weight is 438 g/mol. The van der Waals surface area contributed by atoms with Gasteiger partial charge in [0.25, 0.3) is 5.91 Å². The number of carbonyl (C=O) groups is 3. The summed E-state index contributed by atoms with van der Waals surface area (Å²) in [5.74, 6) is -1.82. The molecule has 0 aliphatic carbocycles. The van der Waals surface area contributed by atoms with Crippen LogP contribution in [0.1, 0.15) is 22.3 Å². The number of anilines is 1. The number of nitrogens with one attached hydrogen (secondary N) is 1. The second-order valence-electron chi connectivity index (χ2n) is 6.29. The molecule has 1 aliphatic heterocycles. The zero-order valence-corrected chi connectivity index (χ0v) is 17.4. The second-order valence-corrected chi connectivity index (χ2v) is 7.96. The van der Waals surface area contributed by atoms with E-state index in [2.05, 4.69) is 5.32 Å². The van der Waals surface area contributed by atoms with Crippen LogP contribution in [-0.4, -0.2) is 33.5 Å². The number of hydrogen-bond acceptors (Lipinski definition) is 6. The van der Waals surface area contributed by atoms with E-state index in [0.717, 1.165) is 5.56 Å². The second kappa shape index (κ2) is 10.00. The van der Waals surface area contributed by atoms with Crippen molar-refractivity contribution in [3.05, 3.63) is 82.8 Å². The summed E-state index contributed by atoms with van der Waals surface area (Å²) in [5, 5.41) is 13.4. The van der Waals surface area contributed by atoms with Gasteiger partial charge in [0.1, 0.15) is 4.32 Å². The number of amides is 2. The molecule has 0 aromatic heterocycles. The molecule has 2 amide bonds. The molecule has 1 fully saturated rings. The lowest BCUT2D eigenvalue weighted by atomic mass is 10.2. The van der Waals surface area contributed by atoms with Gasteiger partial charge in [0.05, 0.1) is 10.9 Å². The molecule has 0 radical (unpaired) electrons. The molecule has 8 heteroatoms. The van der Waals surface area contributed by atoms with E-state index >= 15 is 0 Å². The largest absolute Gasteiger partial charge is 0.545 e. The summed E-state index contributed by atoms with van der Waals surface area (Å²) in [6.07, 6.45) is 5.46. The van der Waals surface area contributed by atoms with E-state index in [4.69, 9.17) is 12.2 Å². The minimum absolute atomic E-state index is 0.0265. The van der Waals surface area contributed by atoms with Crippen molar-refractivity contribution in [2.45, 2.75) is 6.42 Å². The minimum Gasteiger partial charge on any atom is -0.545 e. The first-order chi connectivity index (χ1) is 14.4. The van der Waals surface area contributed by atoms with Crippen LogP contribution in [-0.2, 0) is 9.59 Å². The van der Waals surface area contributed by atoms with E-state index in [9.17, 15) is 19.5 Å². The quantitative estimate of drug-likeness (QED) is 0.529. The van der Waals surface area contributed by atoms with Crippen LogP contribution >= 0.6 is 24.0 Å². The van der Waals surface area contributed by atoms with Crippen molar-refractivity contribution in [1.29, 1.82) is 0 Å². The summed E-state index contributed by atoms with van der Waals surface area (Å²) >= 11 is 6.47. The van der Waals surface area contributed by atoms with Crippen molar-refractivity contribution in [2.24, 2.45) is 0 Å². The van der Waals surface area contributed by atoms with Gasteiger partial charge in [-0.3, -0.25) is 14.5 Å². The summed E-state index contributed by atoms with van der Waals surface area (Å²) in [6, 6.07) is 15.4. The highest BCUT2D eigenvalue weighted by molar-refractivity contribution is 8.26. The summed E-state index contributed by atoms with van der Waals surface area (Å²) < 4.78 is 0.408. The highest BCUT2D eigenvalue weighted by Crippen LogP contribution is 2.31. The van der Waals surface area contributed by atoms with E-state index in [-0.39, 0.29) is 30.3 Å². The van der Waals surface area contributed by atoms with Crippen LogP contribution in [0.15, 0.2) is 71.7 Å². The van der Waals surface area contributed by atoms with Crippen LogP contribution in [0.5, 0.6) is 0 Å². The first kappa shape index (κ1) is 21.5. The normalized spacial score (nSPS) is 15.2. The zero-order chi connectivity index (χ0) is 21.5. The Labute approximate surface area is 183 Å². The lowest BCUT2D eigenvalue weighted by Gasteiger charge is -2.14. The van der Waals surface area contributed by atoms with Gasteiger partial charge in [-0.1, -0.05) is 78.6 Å². The minimum atomic E-state index is -1.28. The van der Waals surface area contributed by atoms with Crippen LogP contribution in [0.2, 0.25) is 0 Å². The van der Waals surface area contributed by atoms with Crippen molar-refractivity contribution >= 4 is 57.8 Å². The van der Waals surface area contributed by atoms with Gasteiger partial charge in [-0.15, -0.1) is 0 Å². The molecule has 2 aromatic carbocycles. The summed E-state index contributed by atoms with van der Waals surface area (Å²) in [5.41, 5.74) is 1.51. The number of thiocarbonyl (C=S) groups is 1. The van der Waals surface area contributed by atoms with Gasteiger partial charge < -0.3 is 15.2 Å². The number of carboxylic acid groups (broad SMARTS) is 1. The lowest BCUT2D eigenvalue weighted by Crippen LogP contribution is -2.31. The Bertz CT molecular complexity index is 1030. The number of carbonyl (C=O) groups excluding carboxylic acids is 3. The molecule has 0 bridgehead atoms. The standard InChI is InChI=1S/C22H18N2O4S2/c25-19(23-17-11-9-16(10-12-17)21(27)28)13-14-24-20(26)18(30-22(24)29)8-4-7-15-5-2-1-3-6-15/h1-12H,13-14H2,(H,23,25)(H,27,28)/p-1/b7-4+,18-8+. The third kappa shape index (κ3) is 5.65. The van der Waals surface area contributed by atoms with Crippen LogP contribution in [0.25, 0.3) is 6.08 Å². The molecule has 6 nitrogen and oxygen atoms in total. The molecule has 3 rings (SSSR count). The van der Waals surface area contributed by atoms with Gasteiger partial charge in [0, 0.05) is 18.7 Å². The van der Waals surface area contributed by atoms with Gasteiger partial charge in [-0.05, 0) is 29.3 Å². The highest BCUT2D eigenvalue weighted by atomic mass is 32.2. The monoisotopic (exact) mass is 437 g/mol. The Hall–Kier alpha value is -3.23. The zero-order valence-electron chi connectivity index (χ0n) is 15.7. The van der Waals surface area contributed by atoms with Crippen LogP contribution in [0.3, 0.4) is 0 Å². The molecule has 1 heterocycles. The Morgan fingerprint density at radius 3 is 2.47 bits per heavy atom. The molecule has 0 atom stereocenters. The van der Waals surface area contributed by atoms with Gasteiger partial charge in [-0.25, -0.2) is 0 Å². The number of nitrogens with zero attached hydrogens (tertiary/aromatic N) is 1. The molecular weight excluding hydrogens is 420 g/mol. The van der Waals surface area contributed by atoms with Crippen molar-refractivity contribution in [3.63, 3.8) is 0 Å². The molecule has 152 valence electrons. The van der Waals surface area contributed by atoms with Crippen molar-refractivity contribution < 1.29 is 19.5 Å². The van der Waals surface area contributed by atoms with Crippen molar-refractivity contribution in [3.8, 4) is 0 Å². The number of rotatable bonds is 7. The molecule has 0 saturated carbocycles. The van der Waals surface area contributed by atoms with Crippen molar-refractivity contribution in [2.75, 3.05) is 11.9 Å². The van der Waals surface area contributed by atoms with Gasteiger partial charge in [-0.2, -0.15) is 0 Å². The molecule has 1 N–H and O–H groups in total. The smallest absolute Gasteiger partial charge is 0.266 e. The van der Waals surface area contributed by atoms with E-state index in [1.807, 2.05) is 36.4 Å². The Balaban J connectivity index is 1.53. The van der Waals surface area contributed by atoms with E-state index in [1.165, 1.54) is 40.9 Å². The molecule has 1 saturated heterocycles. The number of aromatic carboxylic acids is 1. The van der Waals surface area contributed by atoms with Crippen molar-refractivity contribution in [1.82, 2.24) is 4.90 Å². The summed E-state index contributed by atoms with van der Waals surface area (Å²) in [7, 11) is 0. The number of benzene rings is 2. The highest BCUT2D eigenvalue weighted by Gasteiger charge is 2.31. The summed E-state index contributed by atoms with van der Waals surface area (Å²) in [6.45, 7) is 0.160. The molecular formula is C22H17N2O4S2-. The summed E-state index contributed by atoms with van der Waals surface area (Å²) in [4.78, 5) is 37.4. The van der Waals surface area contributed by atoms with Gasteiger partial charge >= 0.3 is 0 Å². The molecule has 30 heavy (non-hydrogen) atoms. The Kier molecular flexibility index (Phi) is 7.16. The third-order valence-electron chi connectivity index (χ3n) is 4.18. The maximum atomic E-state index is 12.6. The van der Waals surface area contributed by atoms with E-state index in [1.54, 1.807) is 12.2 Å². The predicted molar refractivity (Wildman–Crippen MR) is 119 cm³/mol. The lowest BCUT2D eigenvalue weighted by molar-refractivity contribution is -0.255. The number of allylic oxidation sites excluding steroid dienone is 2. The van der Waals surface area contributed by atoms with E-state index < -0.39 is 5.97 Å². The topological polar surface area (TPSA) is 89.5 Å². The fourth-order valence-corrected chi connectivity index (χ4v) is 3.90. The third-order valence-corrected chi connectivity index (χ3v) is 5.57. The number of hydrogen-bond donors (Lipinski definition) is 1. The van der Waals surface area contributed by atoms with Crippen LogP contribution < -0.4 is 10.4 Å². The fraction of sp³-hybridized carbons (Fsp3) is 0.0909. The molecule has 0 unspecified atom stereocenters. The predicted octanol–water partition coefficient (Wildman–Crippen LogP) is 2.84. The van der Waals surface area contributed by atoms with Crippen LogP contribution in [0.4, 0.5) is 5.69 Å².